The van der Waals surface area contributed by atoms with Gasteiger partial charge in [-0.3, -0.25) is 0 Å². The average Bonchev–Trinajstić information content (AvgIpc) is 2.46. The average molecular weight is 252 g/mol. The third kappa shape index (κ3) is 4.01. The number of allylic oxidation sites excluding steroid dienone is 1. The van der Waals surface area contributed by atoms with Crippen LogP contribution in [0.1, 0.15) is 11.1 Å². The standard InChI is InChI=1S/C17H13FO/c1-19-17-12-8-15(9-13-17)5-3-2-4-14-6-10-16(18)11-7-14/h2,4,6-13H,1H3/b4-2+. The molecule has 0 heterocycles. The van der Waals surface area contributed by atoms with Gasteiger partial charge in [0.15, 0.2) is 0 Å². The van der Waals surface area contributed by atoms with Crippen molar-refractivity contribution in [2.75, 3.05) is 7.11 Å². The van der Waals surface area contributed by atoms with Gasteiger partial charge in [0.1, 0.15) is 11.6 Å². The first-order valence-electron chi connectivity index (χ1n) is 5.85. The number of hydrogen-bond donors (Lipinski definition) is 0. The predicted octanol–water partition coefficient (Wildman–Crippen LogP) is 3.90. The van der Waals surface area contributed by atoms with Crippen molar-refractivity contribution in [3.63, 3.8) is 0 Å². The van der Waals surface area contributed by atoms with Crippen LogP contribution in [0.5, 0.6) is 5.75 Å². The Morgan fingerprint density at radius 2 is 1.68 bits per heavy atom. The zero-order chi connectivity index (χ0) is 13.5. The Kier molecular flexibility index (Phi) is 4.36. The summed E-state index contributed by atoms with van der Waals surface area (Å²) in [5.74, 6) is 6.53. The van der Waals surface area contributed by atoms with E-state index < -0.39 is 0 Å². The lowest BCUT2D eigenvalue weighted by atomic mass is 10.2. The van der Waals surface area contributed by atoms with Crippen LogP contribution in [0.25, 0.3) is 6.08 Å². The fourth-order valence-corrected chi connectivity index (χ4v) is 1.51. The van der Waals surface area contributed by atoms with Gasteiger partial charge in [0.05, 0.1) is 7.11 Å². The molecule has 0 atom stereocenters. The van der Waals surface area contributed by atoms with Gasteiger partial charge in [-0.15, -0.1) is 0 Å². The van der Waals surface area contributed by atoms with E-state index in [1.807, 2.05) is 30.3 Å². The molecule has 94 valence electrons. The Bertz CT molecular complexity index is 613. The minimum absolute atomic E-state index is 0.235. The molecule has 2 rings (SSSR count). The highest BCUT2D eigenvalue weighted by Crippen LogP contribution is 2.10. The number of rotatable bonds is 2. The number of halogens is 1. The zero-order valence-corrected chi connectivity index (χ0v) is 10.6. The van der Waals surface area contributed by atoms with Crippen LogP contribution >= 0.6 is 0 Å². The number of methoxy groups -OCH3 is 1. The Hall–Kier alpha value is -2.53. The first kappa shape index (κ1) is 12.9. The molecule has 0 radical (unpaired) electrons. The molecular weight excluding hydrogens is 239 g/mol. The highest BCUT2D eigenvalue weighted by Gasteiger charge is 1.89. The minimum Gasteiger partial charge on any atom is -0.497 e. The van der Waals surface area contributed by atoms with E-state index in [1.165, 1.54) is 12.1 Å². The second kappa shape index (κ2) is 6.42. The molecule has 0 bridgehead atoms. The van der Waals surface area contributed by atoms with Crippen LogP contribution in [0, 0.1) is 17.7 Å². The fraction of sp³-hybridized carbons (Fsp3) is 0.0588. The van der Waals surface area contributed by atoms with Crippen LogP contribution in [-0.2, 0) is 0 Å². The lowest BCUT2D eigenvalue weighted by Crippen LogP contribution is -1.81. The van der Waals surface area contributed by atoms with E-state index in [9.17, 15) is 4.39 Å². The second-order valence-corrected chi connectivity index (χ2v) is 3.88. The van der Waals surface area contributed by atoms with E-state index in [0.29, 0.717) is 0 Å². The quantitative estimate of drug-likeness (QED) is 0.736. The first-order chi connectivity index (χ1) is 9.28. The molecule has 0 aliphatic heterocycles. The molecular formula is C17H13FO. The van der Waals surface area contributed by atoms with Crippen LogP contribution in [0.3, 0.4) is 0 Å². The highest BCUT2D eigenvalue weighted by molar-refractivity contribution is 5.53. The number of benzene rings is 2. The van der Waals surface area contributed by atoms with Gasteiger partial charge >= 0.3 is 0 Å². The SMILES string of the molecule is COc1ccc(C#C/C=C/c2ccc(F)cc2)cc1. The van der Waals surface area contributed by atoms with Crippen LogP contribution in [-0.4, -0.2) is 7.11 Å². The van der Waals surface area contributed by atoms with Crippen LogP contribution in [0.2, 0.25) is 0 Å². The molecule has 2 aromatic carbocycles. The van der Waals surface area contributed by atoms with Gasteiger partial charge in [0.2, 0.25) is 0 Å². The van der Waals surface area contributed by atoms with Crippen molar-refractivity contribution in [2.24, 2.45) is 0 Å². The van der Waals surface area contributed by atoms with E-state index >= 15 is 0 Å². The molecule has 0 aliphatic carbocycles. The topological polar surface area (TPSA) is 9.23 Å². The van der Waals surface area contributed by atoms with Gasteiger partial charge in [0.25, 0.3) is 0 Å². The van der Waals surface area contributed by atoms with Gasteiger partial charge < -0.3 is 4.74 Å². The van der Waals surface area contributed by atoms with Gasteiger partial charge in [-0.25, -0.2) is 4.39 Å². The maximum absolute atomic E-state index is 12.7. The molecule has 2 heteroatoms. The molecule has 0 saturated heterocycles. The molecule has 19 heavy (non-hydrogen) atoms. The highest BCUT2D eigenvalue weighted by atomic mass is 19.1. The van der Waals surface area contributed by atoms with E-state index in [-0.39, 0.29) is 5.82 Å². The van der Waals surface area contributed by atoms with Crippen molar-refractivity contribution in [2.45, 2.75) is 0 Å². The third-order valence-electron chi connectivity index (χ3n) is 2.54. The summed E-state index contributed by atoms with van der Waals surface area (Å²) in [4.78, 5) is 0. The fourth-order valence-electron chi connectivity index (χ4n) is 1.51. The monoisotopic (exact) mass is 252 g/mol. The van der Waals surface area contributed by atoms with E-state index in [0.717, 1.165) is 16.9 Å². The van der Waals surface area contributed by atoms with Crippen LogP contribution < -0.4 is 4.74 Å². The van der Waals surface area contributed by atoms with Gasteiger partial charge in [-0.2, -0.15) is 0 Å². The summed E-state index contributed by atoms with van der Waals surface area (Å²) in [5.41, 5.74) is 1.84. The molecule has 1 nitrogen and oxygen atoms in total. The summed E-state index contributed by atoms with van der Waals surface area (Å²) in [5, 5.41) is 0. The molecule has 0 saturated carbocycles. The van der Waals surface area contributed by atoms with Crippen LogP contribution in [0.4, 0.5) is 4.39 Å². The summed E-state index contributed by atoms with van der Waals surface area (Å²) in [6, 6.07) is 13.8. The lowest BCUT2D eigenvalue weighted by molar-refractivity contribution is 0.415. The number of hydrogen-bond acceptors (Lipinski definition) is 1. The molecule has 0 fully saturated rings. The van der Waals surface area contributed by atoms with Crippen molar-refractivity contribution in [3.05, 3.63) is 71.6 Å². The van der Waals surface area contributed by atoms with Crippen molar-refractivity contribution in [3.8, 4) is 17.6 Å². The summed E-state index contributed by atoms with van der Waals surface area (Å²) in [6.45, 7) is 0. The molecule has 0 aromatic heterocycles. The van der Waals surface area contributed by atoms with Crippen molar-refractivity contribution in [1.82, 2.24) is 0 Å². The zero-order valence-electron chi connectivity index (χ0n) is 10.6. The predicted molar refractivity (Wildman–Crippen MR) is 75.3 cm³/mol. The summed E-state index contributed by atoms with van der Waals surface area (Å²) < 4.78 is 17.8. The maximum Gasteiger partial charge on any atom is 0.123 e. The second-order valence-electron chi connectivity index (χ2n) is 3.88. The van der Waals surface area contributed by atoms with Gasteiger partial charge in [-0.1, -0.05) is 24.0 Å². The number of ether oxygens (including phenoxy) is 1. The molecule has 2 aromatic rings. The van der Waals surface area contributed by atoms with Gasteiger partial charge in [-0.05, 0) is 54.1 Å². The molecule has 0 N–H and O–H groups in total. The molecule has 0 amide bonds. The van der Waals surface area contributed by atoms with E-state index in [4.69, 9.17) is 4.74 Å². The summed E-state index contributed by atoms with van der Waals surface area (Å²) in [6.07, 6.45) is 3.59. The summed E-state index contributed by atoms with van der Waals surface area (Å²) in [7, 11) is 1.63. The van der Waals surface area contributed by atoms with Crippen molar-refractivity contribution >= 4 is 6.08 Å². The smallest absolute Gasteiger partial charge is 0.123 e. The Labute approximate surface area is 112 Å². The Morgan fingerprint density at radius 1 is 1.00 bits per heavy atom. The Morgan fingerprint density at radius 3 is 2.32 bits per heavy atom. The van der Waals surface area contributed by atoms with Crippen LogP contribution in [0.15, 0.2) is 54.6 Å². The third-order valence-corrected chi connectivity index (χ3v) is 2.54. The minimum atomic E-state index is -0.235. The molecule has 0 aliphatic rings. The van der Waals surface area contributed by atoms with Crippen molar-refractivity contribution < 1.29 is 9.13 Å². The first-order valence-corrected chi connectivity index (χ1v) is 5.85. The summed E-state index contributed by atoms with van der Waals surface area (Å²) >= 11 is 0. The Balaban J connectivity index is 2.01. The molecule has 0 spiro atoms. The largest absolute Gasteiger partial charge is 0.497 e. The normalized spacial score (nSPS) is 10.0. The maximum atomic E-state index is 12.7. The van der Waals surface area contributed by atoms with Gasteiger partial charge in [0, 0.05) is 5.56 Å². The molecule has 0 unspecified atom stereocenters. The van der Waals surface area contributed by atoms with Crippen molar-refractivity contribution in [1.29, 1.82) is 0 Å². The van der Waals surface area contributed by atoms with E-state index in [1.54, 1.807) is 25.3 Å². The van der Waals surface area contributed by atoms with E-state index in [2.05, 4.69) is 11.8 Å². The lowest BCUT2D eigenvalue weighted by Gasteiger charge is -1.97.